The molecule has 2 fully saturated rings. The summed E-state index contributed by atoms with van der Waals surface area (Å²) in [5.41, 5.74) is -2.72. The number of halogens is 1. The van der Waals surface area contributed by atoms with E-state index in [1.807, 2.05) is 0 Å². The molecule has 2 heterocycles. The van der Waals surface area contributed by atoms with Crippen molar-refractivity contribution in [3.8, 4) is 0 Å². The van der Waals surface area contributed by atoms with Crippen molar-refractivity contribution in [1.29, 1.82) is 0 Å². The maximum absolute atomic E-state index is 13.5. The topological polar surface area (TPSA) is 180 Å². The summed E-state index contributed by atoms with van der Waals surface area (Å²) in [4.78, 5) is 0. The number of aliphatic hydroxyl groups is 8. The molecule has 23 heavy (non-hydrogen) atoms. The smallest absolute Gasteiger partial charge is 0.228 e. The minimum absolute atomic E-state index is 0.799. The predicted octanol–water partition coefficient (Wildman–Crippen LogP) is -5.03. The van der Waals surface area contributed by atoms with E-state index in [2.05, 4.69) is 4.74 Å². The summed E-state index contributed by atoms with van der Waals surface area (Å²) in [6.45, 7) is -1.80. The van der Waals surface area contributed by atoms with Gasteiger partial charge in [-0.05, 0) is 0 Å². The summed E-state index contributed by atoms with van der Waals surface area (Å²) in [5.74, 6) is 0. The molecule has 136 valence electrons. The van der Waals surface area contributed by atoms with Gasteiger partial charge in [0.15, 0.2) is 5.60 Å². The number of aliphatic hydroxyl groups excluding tert-OH is 7. The van der Waals surface area contributed by atoms with Crippen molar-refractivity contribution in [2.45, 2.75) is 60.8 Å². The van der Waals surface area contributed by atoms with Gasteiger partial charge < -0.3 is 50.3 Å². The summed E-state index contributed by atoms with van der Waals surface area (Å²) in [6.07, 6.45) is -17.6. The van der Waals surface area contributed by atoms with Crippen LogP contribution in [-0.2, 0) is 9.47 Å². The van der Waals surface area contributed by atoms with Gasteiger partial charge in [0, 0.05) is 0 Å². The molecule has 0 saturated carbocycles. The van der Waals surface area contributed by atoms with Crippen LogP contribution in [0.15, 0.2) is 0 Å². The molecular weight excluding hydrogens is 323 g/mol. The van der Waals surface area contributed by atoms with Gasteiger partial charge in [-0.2, -0.15) is 0 Å². The van der Waals surface area contributed by atoms with Gasteiger partial charge in [0.05, 0.1) is 13.2 Å². The van der Waals surface area contributed by atoms with Crippen molar-refractivity contribution in [3.05, 3.63) is 0 Å². The lowest BCUT2D eigenvalue weighted by Gasteiger charge is -2.53. The second-order valence-corrected chi connectivity index (χ2v) is 5.73. The molecule has 2 saturated heterocycles. The first kappa shape index (κ1) is 18.9. The van der Waals surface area contributed by atoms with Crippen LogP contribution in [0.3, 0.4) is 0 Å². The Morgan fingerprint density at radius 1 is 0.826 bits per heavy atom. The Kier molecular flexibility index (Phi) is 5.58. The van der Waals surface area contributed by atoms with Crippen LogP contribution in [0.5, 0.6) is 0 Å². The predicted molar refractivity (Wildman–Crippen MR) is 67.6 cm³/mol. The van der Waals surface area contributed by atoms with Crippen LogP contribution < -0.4 is 0 Å². The standard InChI is InChI=1S/C12H21FO10/c13-11-8(19)9(20)12(21,4(2-15)23-11)10-7(18)6(17)5(16)3(1-14)22-10/h3-11,14-21H,1-2H2/t3-,4-,5-,6+,7-,8-,9-,10+,11+,12-/m1/s1. The zero-order valence-corrected chi connectivity index (χ0v) is 11.9. The lowest BCUT2D eigenvalue weighted by molar-refractivity contribution is -0.357. The fourth-order valence-corrected chi connectivity index (χ4v) is 2.98. The average Bonchev–Trinajstić information content (AvgIpc) is 2.54. The van der Waals surface area contributed by atoms with Crippen molar-refractivity contribution in [1.82, 2.24) is 0 Å². The third-order valence-corrected chi connectivity index (χ3v) is 4.39. The van der Waals surface area contributed by atoms with Crippen molar-refractivity contribution in [3.63, 3.8) is 0 Å². The summed E-state index contributed by atoms with van der Waals surface area (Å²) in [7, 11) is 0. The second kappa shape index (κ2) is 6.80. The van der Waals surface area contributed by atoms with E-state index in [-0.39, 0.29) is 0 Å². The normalized spacial score (nSPS) is 54.9. The molecule has 0 spiro atoms. The molecule has 8 N–H and O–H groups in total. The molecule has 0 amide bonds. The Morgan fingerprint density at radius 2 is 1.43 bits per heavy atom. The minimum Gasteiger partial charge on any atom is -0.394 e. The molecule has 0 radical (unpaired) electrons. The highest BCUT2D eigenvalue weighted by molar-refractivity contribution is 5.11. The largest absolute Gasteiger partial charge is 0.394 e. The van der Waals surface area contributed by atoms with Gasteiger partial charge in [0.25, 0.3) is 0 Å². The van der Waals surface area contributed by atoms with E-state index in [0.717, 1.165) is 0 Å². The quantitative estimate of drug-likeness (QED) is 0.247. The molecular formula is C12H21FO10. The lowest BCUT2D eigenvalue weighted by Crippen LogP contribution is -2.76. The van der Waals surface area contributed by atoms with Crippen molar-refractivity contribution < 1.29 is 54.7 Å². The third-order valence-electron chi connectivity index (χ3n) is 4.39. The van der Waals surface area contributed by atoms with Gasteiger partial charge in [-0.3, -0.25) is 0 Å². The van der Waals surface area contributed by atoms with Gasteiger partial charge in [-0.1, -0.05) is 0 Å². The fourth-order valence-electron chi connectivity index (χ4n) is 2.98. The van der Waals surface area contributed by atoms with E-state index in [0.29, 0.717) is 0 Å². The van der Waals surface area contributed by atoms with Gasteiger partial charge in [-0.15, -0.1) is 0 Å². The highest BCUT2D eigenvalue weighted by Gasteiger charge is 2.64. The van der Waals surface area contributed by atoms with Gasteiger partial charge in [0.2, 0.25) is 6.36 Å². The van der Waals surface area contributed by atoms with Gasteiger partial charge >= 0.3 is 0 Å². The molecule has 0 aromatic rings. The first-order chi connectivity index (χ1) is 10.7. The van der Waals surface area contributed by atoms with Crippen LogP contribution >= 0.6 is 0 Å². The molecule has 0 aliphatic carbocycles. The van der Waals surface area contributed by atoms with E-state index in [9.17, 15) is 40.1 Å². The van der Waals surface area contributed by atoms with Gasteiger partial charge in [0.1, 0.15) is 48.8 Å². The van der Waals surface area contributed by atoms with Crippen LogP contribution in [0.4, 0.5) is 4.39 Å². The molecule has 2 rings (SSSR count). The van der Waals surface area contributed by atoms with E-state index in [1.165, 1.54) is 0 Å². The van der Waals surface area contributed by atoms with Crippen LogP contribution in [0.2, 0.25) is 0 Å². The summed E-state index contributed by atoms with van der Waals surface area (Å²) in [6, 6.07) is 0. The first-order valence-electron chi connectivity index (χ1n) is 6.99. The Hall–Kier alpha value is -0.470. The minimum atomic E-state index is -2.72. The molecule has 11 heteroatoms. The lowest BCUT2D eigenvalue weighted by atomic mass is 9.75. The van der Waals surface area contributed by atoms with E-state index < -0.39 is 74.0 Å². The Balaban J connectivity index is 2.38. The monoisotopic (exact) mass is 344 g/mol. The SMILES string of the molecule is OC[C@H]1O[C@H]([C@]2(O)[C@H](O)[C@@H](O)[C@@H](F)O[C@@H]2CO)[C@H](O)[C@@H](O)[C@@H]1O. The molecule has 10 nitrogen and oxygen atoms in total. The average molecular weight is 344 g/mol. The maximum Gasteiger partial charge on any atom is 0.228 e. The number of rotatable bonds is 3. The summed E-state index contributed by atoms with van der Waals surface area (Å²) >= 11 is 0. The molecule has 2 aliphatic rings. The zero-order valence-electron chi connectivity index (χ0n) is 11.9. The first-order valence-corrected chi connectivity index (χ1v) is 6.99. The maximum atomic E-state index is 13.5. The van der Waals surface area contributed by atoms with E-state index in [1.54, 1.807) is 0 Å². The van der Waals surface area contributed by atoms with Crippen molar-refractivity contribution in [2.75, 3.05) is 13.2 Å². The van der Waals surface area contributed by atoms with Gasteiger partial charge in [-0.25, -0.2) is 4.39 Å². The van der Waals surface area contributed by atoms with Crippen LogP contribution in [0.1, 0.15) is 0 Å². The highest BCUT2D eigenvalue weighted by atomic mass is 19.1. The molecule has 10 atom stereocenters. The van der Waals surface area contributed by atoms with Crippen molar-refractivity contribution in [2.24, 2.45) is 0 Å². The molecule has 0 aromatic heterocycles. The van der Waals surface area contributed by atoms with Crippen LogP contribution in [0.25, 0.3) is 0 Å². The molecule has 2 aliphatic heterocycles. The fraction of sp³-hybridized carbons (Fsp3) is 1.00. The number of ether oxygens (including phenoxy) is 2. The van der Waals surface area contributed by atoms with Crippen molar-refractivity contribution >= 4 is 0 Å². The highest BCUT2D eigenvalue weighted by Crippen LogP contribution is 2.39. The molecule has 0 aromatic carbocycles. The number of alkyl halides is 1. The second-order valence-electron chi connectivity index (χ2n) is 5.73. The van der Waals surface area contributed by atoms with E-state index >= 15 is 0 Å². The molecule has 0 unspecified atom stereocenters. The summed E-state index contributed by atoms with van der Waals surface area (Å²) in [5, 5.41) is 78.1. The Bertz CT molecular complexity index is 407. The molecule has 0 bridgehead atoms. The van der Waals surface area contributed by atoms with Crippen LogP contribution in [0, 0.1) is 0 Å². The van der Waals surface area contributed by atoms with E-state index in [4.69, 9.17) is 9.84 Å². The third kappa shape index (κ3) is 2.87. The Labute approximate surface area is 129 Å². The Morgan fingerprint density at radius 3 is 1.96 bits per heavy atom. The summed E-state index contributed by atoms with van der Waals surface area (Å²) < 4.78 is 23.2. The number of hydrogen-bond donors (Lipinski definition) is 8. The van der Waals surface area contributed by atoms with Crippen LogP contribution in [-0.4, -0.2) is 115 Å². The zero-order chi connectivity index (χ0) is 17.5. The number of hydrogen-bond acceptors (Lipinski definition) is 10.